The SMILES string of the molecule is COc1ccc(CN(C)/C(O)=C(\C)C(=O)O)cc1. The molecule has 0 saturated heterocycles. The molecule has 0 bridgehead atoms. The monoisotopic (exact) mass is 251 g/mol. The number of carboxylic acid groups (broad SMARTS) is 1. The largest absolute Gasteiger partial charge is 0.497 e. The molecule has 1 aromatic rings. The topological polar surface area (TPSA) is 70.0 Å². The van der Waals surface area contributed by atoms with Crippen molar-refractivity contribution in [3.63, 3.8) is 0 Å². The molecule has 0 aliphatic rings. The van der Waals surface area contributed by atoms with Gasteiger partial charge in [-0.1, -0.05) is 12.1 Å². The third-order valence-electron chi connectivity index (χ3n) is 2.60. The molecule has 0 fully saturated rings. The fraction of sp³-hybridized carbons (Fsp3) is 0.308. The van der Waals surface area contributed by atoms with Gasteiger partial charge in [-0.05, 0) is 24.6 Å². The minimum absolute atomic E-state index is 0.0778. The Kier molecular flexibility index (Phi) is 4.59. The van der Waals surface area contributed by atoms with Crippen molar-refractivity contribution in [2.24, 2.45) is 0 Å². The molecule has 98 valence electrons. The van der Waals surface area contributed by atoms with Crippen molar-refractivity contribution in [1.29, 1.82) is 0 Å². The van der Waals surface area contributed by atoms with Crippen LogP contribution in [0.1, 0.15) is 12.5 Å². The lowest BCUT2D eigenvalue weighted by Gasteiger charge is -2.19. The Morgan fingerprint density at radius 3 is 2.28 bits per heavy atom. The van der Waals surface area contributed by atoms with Gasteiger partial charge in [0.25, 0.3) is 0 Å². The van der Waals surface area contributed by atoms with Gasteiger partial charge >= 0.3 is 5.97 Å². The predicted octanol–water partition coefficient (Wildman–Crippen LogP) is 2.00. The minimum Gasteiger partial charge on any atom is -0.497 e. The number of ether oxygens (including phenoxy) is 1. The van der Waals surface area contributed by atoms with Crippen molar-refractivity contribution >= 4 is 5.97 Å². The van der Waals surface area contributed by atoms with Crippen molar-refractivity contribution in [1.82, 2.24) is 4.90 Å². The molecule has 0 atom stereocenters. The van der Waals surface area contributed by atoms with E-state index >= 15 is 0 Å². The molecule has 1 rings (SSSR count). The van der Waals surface area contributed by atoms with Gasteiger partial charge in [0, 0.05) is 13.6 Å². The summed E-state index contributed by atoms with van der Waals surface area (Å²) >= 11 is 0. The molecule has 0 unspecified atom stereocenters. The van der Waals surface area contributed by atoms with E-state index in [4.69, 9.17) is 9.84 Å². The van der Waals surface area contributed by atoms with Gasteiger partial charge in [-0.25, -0.2) is 4.79 Å². The summed E-state index contributed by atoms with van der Waals surface area (Å²) in [5.74, 6) is -0.615. The van der Waals surface area contributed by atoms with Crippen LogP contribution in [-0.2, 0) is 11.3 Å². The third kappa shape index (κ3) is 3.41. The first-order valence-electron chi connectivity index (χ1n) is 5.43. The summed E-state index contributed by atoms with van der Waals surface area (Å²) < 4.78 is 5.04. The van der Waals surface area contributed by atoms with Crippen LogP contribution in [0.15, 0.2) is 35.7 Å². The van der Waals surface area contributed by atoms with Crippen molar-refractivity contribution in [3.05, 3.63) is 41.3 Å². The van der Waals surface area contributed by atoms with Gasteiger partial charge in [-0.3, -0.25) is 0 Å². The highest BCUT2D eigenvalue weighted by atomic mass is 16.5. The normalized spacial score (nSPS) is 11.7. The first-order chi connectivity index (χ1) is 8.45. The molecule has 0 spiro atoms. The van der Waals surface area contributed by atoms with E-state index in [0.717, 1.165) is 11.3 Å². The highest BCUT2D eigenvalue weighted by Gasteiger charge is 2.12. The van der Waals surface area contributed by atoms with E-state index < -0.39 is 5.97 Å². The molecule has 0 radical (unpaired) electrons. The lowest BCUT2D eigenvalue weighted by molar-refractivity contribution is -0.133. The fourth-order valence-electron chi connectivity index (χ4n) is 1.46. The fourth-order valence-corrected chi connectivity index (χ4v) is 1.46. The average molecular weight is 251 g/mol. The Morgan fingerprint density at radius 1 is 1.28 bits per heavy atom. The smallest absolute Gasteiger partial charge is 0.336 e. The van der Waals surface area contributed by atoms with Crippen LogP contribution >= 0.6 is 0 Å². The van der Waals surface area contributed by atoms with Gasteiger partial charge in [0.05, 0.1) is 12.7 Å². The van der Waals surface area contributed by atoms with E-state index in [1.54, 1.807) is 14.2 Å². The highest BCUT2D eigenvalue weighted by Crippen LogP contribution is 2.15. The highest BCUT2D eigenvalue weighted by molar-refractivity contribution is 5.86. The number of aliphatic hydroxyl groups excluding tert-OH is 1. The second-order valence-electron chi connectivity index (χ2n) is 3.96. The standard InChI is InChI=1S/C13H17NO4/c1-9(13(16)17)12(15)14(2)8-10-4-6-11(18-3)7-5-10/h4-7,15H,8H2,1-3H3,(H,16,17)/b12-9-. The Labute approximate surface area is 106 Å². The predicted molar refractivity (Wildman–Crippen MR) is 67.4 cm³/mol. The maximum Gasteiger partial charge on any atom is 0.336 e. The van der Waals surface area contributed by atoms with E-state index in [9.17, 15) is 9.90 Å². The number of hydrogen-bond acceptors (Lipinski definition) is 4. The summed E-state index contributed by atoms with van der Waals surface area (Å²) in [7, 11) is 3.22. The van der Waals surface area contributed by atoms with Crippen molar-refractivity contribution in [2.75, 3.05) is 14.2 Å². The van der Waals surface area contributed by atoms with Gasteiger partial charge in [-0.2, -0.15) is 0 Å². The molecule has 2 N–H and O–H groups in total. The molecular formula is C13H17NO4. The first kappa shape index (κ1) is 13.9. The van der Waals surface area contributed by atoms with Crippen molar-refractivity contribution in [3.8, 4) is 5.75 Å². The molecule has 0 aromatic heterocycles. The zero-order valence-corrected chi connectivity index (χ0v) is 10.7. The summed E-state index contributed by atoms with van der Waals surface area (Å²) in [5.41, 5.74) is 0.869. The zero-order chi connectivity index (χ0) is 13.7. The Bertz CT molecular complexity index is 451. The Hall–Kier alpha value is -2.17. The quantitative estimate of drug-likeness (QED) is 0.618. The number of aliphatic carboxylic acids is 1. The molecule has 1 aromatic carbocycles. The molecule has 5 heteroatoms. The van der Waals surface area contributed by atoms with Gasteiger partial charge in [-0.15, -0.1) is 0 Å². The summed E-state index contributed by atoms with van der Waals surface area (Å²) in [6.07, 6.45) is 0. The van der Waals surface area contributed by atoms with Crippen LogP contribution in [-0.4, -0.2) is 35.2 Å². The van der Waals surface area contributed by atoms with Crippen LogP contribution in [0.3, 0.4) is 0 Å². The second kappa shape index (κ2) is 5.95. The van der Waals surface area contributed by atoms with Crippen molar-refractivity contribution < 1.29 is 19.7 Å². The molecule has 0 aliphatic carbocycles. The third-order valence-corrected chi connectivity index (χ3v) is 2.60. The Morgan fingerprint density at radius 2 is 1.83 bits per heavy atom. The van der Waals surface area contributed by atoms with Gasteiger partial charge in [0.1, 0.15) is 5.75 Å². The molecule has 0 saturated carbocycles. The maximum atomic E-state index is 10.7. The van der Waals surface area contributed by atoms with Gasteiger partial charge < -0.3 is 19.8 Å². The number of rotatable bonds is 5. The first-order valence-corrected chi connectivity index (χ1v) is 5.43. The molecule has 0 aliphatic heterocycles. The number of carboxylic acids is 1. The Balaban J connectivity index is 2.78. The maximum absolute atomic E-state index is 10.7. The summed E-state index contributed by atoms with van der Waals surface area (Å²) in [6.45, 7) is 1.78. The van der Waals surface area contributed by atoms with Crippen LogP contribution in [0.2, 0.25) is 0 Å². The van der Waals surface area contributed by atoms with Gasteiger partial charge in [0.15, 0.2) is 5.88 Å². The summed E-state index contributed by atoms with van der Waals surface area (Å²) in [6, 6.07) is 7.35. The van der Waals surface area contributed by atoms with E-state index in [0.29, 0.717) is 6.54 Å². The number of methoxy groups -OCH3 is 1. The van der Waals surface area contributed by atoms with E-state index in [1.807, 2.05) is 24.3 Å². The number of benzene rings is 1. The molecule has 5 nitrogen and oxygen atoms in total. The summed E-state index contributed by atoms with van der Waals surface area (Å²) in [4.78, 5) is 12.2. The van der Waals surface area contributed by atoms with E-state index in [2.05, 4.69) is 0 Å². The van der Waals surface area contributed by atoms with Crippen LogP contribution in [0.5, 0.6) is 5.75 Å². The van der Waals surface area contributed by atoms with Gasteiger partial charge in [0.2, 0.25) is 0 Å². The summed E-state index contributed by atoms with van der Waals surface area (Å²) in [5, 5.41) is 18.5. The number of nitrogens with zero attached hydrogens (tertiary/aromatic N) is 1. The minimum atomic E-state index is -1.13. The van der Waals surface area contributed by atoms with E-state index in [1.165, 1.54) is 11.8 Å². The number of hydrogen-bond donors (Lipinski definition) is 2. The van der Waals surface area contributed by atoms with Crippen LogP contribution < -0.4 is 4.74 Å². The van der Waals surface area contributed by atoms with Crippen LogP contribution in [0.25, 0.3) is 0 Å². The molecule has 0 amide bonds. The lowest BCUT2D eigenvalue weighted by atomic mass is 10.2. The van der Waals surface area contributed by atoms with E-state index in [-0.39, 0.29) is 11.5 Å². The second-order valence-corrected chi connectivity index (χ2v) is 3.96. The average Bonchev–Trinajstić information content (AvgIpc) is 2.37. The van der Waals surface area contributed by atoms with Crippen LogP contribution in [0, 0.1) is 0 Å². The zero-order valence-electron chi connectivity index (χ0n) is 10.7. The number of carbonyl (C=O) groups is 1. The van der Waals surface area contributed by atoms with Crippen molar-refractivity contribution in [2.45, 2.75) is 13.5 Å². The van der Waals surface area contributed by atoms with Crippen LogP contribution in [0.4, 0.5) is 0 Å². The number of aliphatic hydroxyl groups is 1. The lowest BCUT2D eigenvalue weighted by Crippen LogP contribution is -2.20. The molecule has 18 heavy (non-hydrogen) atoms. The molecule has 0 heterocycles. The molecular weight excluding hydrogens is 234 g/mol.